The summed E-state index contributed by atoms with van der Waals surface area (Å²) in [5.74, 6) is -0.273. The molecular weight excluding hydrogens is 340 g/mol. The van der Waals surface area contributed by atoms with Gasteiger partial charge in [-0.15, -0.1) is 0 Å². The van der Waals surface area contributed by atoms with E-state index in [9.17, 15) is 13.2 Å². The van der Waals surface area contributed by atoms with Crippen molar-refractivity contribution < 1.29 is 13.2 Å². The number of hydrogen-bond donors (Lipinski definition) is 2. The van der Waals surface area contributed by atoms with Crippen LogP contribution in [0.15, 0.2) is 47.6 Å². The van der Waals surface area contributed by atoms with Crippen LogP contribution in [0.4, 0.5) is 0 Å². The first-order valence-electron chi connectivity index (χ1n) is 8.33. The Bertz CT molecular complexity index is 888. The summed E-state index contributed by atoms with van der Waals surface area (Å²) < 4.78 is 29.0. The van der Waals surface area contributed by atoms with Crippen molar-refractivity contribution >= 4 is 15.9 Å². The van der Waals surface area contributed by atoms with Crippen molar-refractivity contribution in [3.63, 3.8) is 0 Å². The largest absolute Gasteiger partial charge is 0.354 e. The minimum atomic E-state index is -3.64. The van der Waals surface area contributed by atoms with Crippen molar-refractivity contribution in [2.24, 2.45) is 5.41 Å². The van der Waals surface area contributed by atoms with E-state index in [1.807, 2.05) is 16.9 Å². The Hall–Kier alpha value is -2.19. The molecule has 1 aromatic heterocycles. The smallest absolute Gasteiger partial charge is 0.241 e. The standard InChI is InChI=1S/C17H20N4O3S/c22-16(18-11-17(6-7-17)12-21-9-3-8-19-21)14-10-13-4-1-2-5-15(13)25(23,24)20-14/h1-5,8-9,14,20H,6-7,10-12H2,(H,18,22)/t14-/m0/s1. The van der Waals surface area contributed by atoms with Gasteiger partial charge in [0.1, 0.15) is 6.04 Å². The van der Waals surface area contributed by atoms with Crippen LogP contribution in [-0.2, 0) is 27.8 Å². The highest BCUT2D eigenvalue weighted by atomic mass is 32.2. The molecular formula is C17H20N4O3S. The predicted octanol–water partition coefficient (Wildman–Crippen LogP) is 0.683. The molecule has 1 aliphatic carbocycles. The molecule has 0 spiro atoms. The molecule has 1 saturated carbocycles. The lowest BCUT2D eigenvalue weighted by Crippen LogP contribution is -2.51. The van der Waals surface area contributed by atoms with Crippen LogP contribution in [-0.4, -0.2) is 36.7 Å². The number of hydrogen-bond acceptors (Lipinski definition) is 4. The molecule has 1 amide bonds. The molecule has 1 aliphatic heterocycles. The van der Waals surface area contributed by atoms with Crippen LogP contribution in [0.5, 0.6) is 0 Å². The summed E-state index contributed by atoms with van der Waals surface area (Å²) in [6.07, 6.45) is 6.09. The second-order valence-corrected chi connectivity index (χ2v) is 8.59. The number of nitrogens with one attached hydrogen (secondary N) is 2. The van der Waals surface area contributed by atoms with E-state index in [1.165, 1.54) is 0 Å². The average molecular weight is 360 g/mol. The molecule has 1 aromatic carbocycles. The van der Waals surface area contributed by atoms with E-state index in [2.05, 4.69) is 15.1 Å². The van der Waals surface area contributed by atoms with Crippen LogP contribution >= 0.6 is 0 Å². The second kappa shape index (κ2) is 5.96. The third-order valence-electron chi connectivity index (χ3n) is 4.95. The van der Waals surface area contributed by atoms with Gasteiger partial charge in [-0.05, 0) is 37.0 Å². The van der Waals surface area contributed by atoms with Gasteiger partial charge in [-0.1, -0.05) is 18.2 Å². The topological polar surface area (TPSA) is 93.1 Å². The number of fused-ring (bicyclic) bond motifs is 1. The number of nitrogens with zero attached hydrogens (tertiary/aromatic N) is 2. The average Bonchev–Trinajstić information content (AvgIpc) is 3.15. The number of sulfonamides is 1. The van der Waals surface area contributed by atoms with Crippen molar-refractivity contribution in [2.75, 3.05) is 6.54 Å². The maximum absolute atomic E-state index is 12.5. The van der Waals surface area contributed by atoms with Gasteiger partial charge < -0.3 is 5.32 Å². The van der Waals surface area contributed by atoms with Gasteiger partial charge in [0.2, 0.25) is 15.9 Å². The second-order valence-electron chi connectivity index (χ2n) is 6.91. The summed E-state index contributed by atoms with van der Waals surface area (Å²) in [6.45, 7) is 1.30. The van der Waals surface area contributed by atoms with Crippen molar-refractivity contribution in [3.8, 4) is 0 Å². The van der Waals surface area contributed by atoms with E-state index in [1.54, 1.807) is 30.5 Å². The number of aromatic nitrogens is 2. The molecule has 0 radical (unpaired) electrons. The van der Waals surface area contributed by atoms with Crippen LogP contribution in [0.25, 0.3) is 0 Å². The van der Waals surface area contributed by atoms with Crippen LogP contribution in [0.1, 0.15) is 18.4 Å². The van der Waals surface area contributed by atoms with Crippen LogP contribution < -0.4 is 10.0 Å². The summed E-state index contributed by atoms with van der Waals surface area (Å²) in [4.78, 5) is 12.8. The van der Waals surface area contributed by atoms with Crippen LogP contribution in [0.2, 0.25) is 0 Å². The molecule has 4 rings (SSSR count). The first-order valence-corrected chi connectivity index (χ1v) is 9.81. The lowest BCUT2D eigenvalue weighted by molar-refractivity contribution is -0.123. The van der Waals surface area contributed by atoms with Gasteiger partial charge in [0.25, 0.3) is 0 Å². The Labute approximate surface area is 146 Å². The Morgan fingerprint density at radius 3 is 2.84 bits per heavy atom. The van der Waals surface area contributed by atoms with Crippen molar-refractivity contribution in [1.29, 1.82) is 0 Å². The fraction of sp³-hybridized carbons (Fsp3) is 0.412. The van der Waals surface area contributed by atoms with Gasteiger partial charge in [-0.3, -0.25) is 9.48 Å². The molecule has 132 valence electrons. The fourth-order valence-electron chi connectivity index (χ4n) is 3.30. The van der Waals surface area contributed by atoms with E-state index < -0.39 is 16.1 Å². The summed E-state index contributed by atoms with van der Waals surface area (Å²) in [7, 11) is -3.64. The molecule has 2 aromatic rings. The molecule has 1 fully saturated rings. The Balaban J connectivity index is 1.41. The lowest BCUT2D eigenvalue weighted by atomic mass is 10.0. The maximum Gasteiger partial charge on any atom is 0.241 e. The minimum absolute atomic E-state index is 0.0349. The SMILES string of the molecule is O=C(NCC1(Cn2cccn2)CC1)[C@@H]1Cc2ccccc2S(=O)(=O)N1. The van der Waals surface area contributed by atoms with Crippen molar-refractivity contribution in [3.05, 3.63) is 48.3 Å². The first kappa shape index (κ1) is 16.3. The van der Waals surface area contributed by atoms with Crippen molar-refractivity contribution in [1.82, 2.24) is 19.8 Å². The third kappa shape index (κ3) is 3.32. The zero-order valence-corrected chi connectivity index (χ0v) is 14.5. The highest BCUT2D eigenvalue weighted by molar-refractivity contribution is 7.89. The monoisotopic (exact) mass is 360 g/mol. The zero-order chi connectivity index (χ0) is 17.5. The van der Waals surface area contributed by atoms with Gasteiger partial charge >= 0.3 is 0 Å². The number of amides is 1. The number of carbonyl (C=O) groups is 1. The summed E-state index contributed by atoms with van der Waals surface area (Å²) in [6, 6.07) is 7.91. The summed E-state index contributed by atoms with van der Waals surface area (Å²) >= 11 is 0. The highest BCUT2D eigenvalue weighted by Crippen LogP contribution is 2.46. The highest BCUT2D eigenvalue weighted by Gasteiger charge is 2.44. The third-order valence-corrected chi connectivity index (χ3v) is 6.52. The summed E-state index contributed by atoms with van der Waals surface area (Å²) in [5.41, 5.74) is 0.715. The van der Waals surface area contributed by atoms with Gasteiger partial charge in [-0.25, -0.2) is 8.42 Å². The van der Waals surface area contributed by atoms with E-state index in [-0.39, 0.29) is 16.2 Å². The van der Waals surface area contributed by atoms with Crippen molar-refractivity contribution in [2.45, 2.75) is 36.7 Å². The van der Waals surface area contributed by atoms with E-state index in [0.717, 1.165) is 19.4 Å². The number of carbonyl (C=O) groups excluding carboxylic acids is 1. The normalized spacial score (nSPS) is 22.8. The molecule has 0 saturated heterocycles. The molecule has 2 heterocycles. The molecule has 0 unspecified atom stereocenters. The van der Waals surface area contributed by atoms with E-state index in [4.69, 9.17) is 0 Å². The molecule has 7 nitrogen and oxygen atoms in total. The quantitative estimate of drug-likeness (QED) is 0.820. The Morgan fingerprint density at radius 2 is 2.12 bits per heavy atom. The van der Waals surface area contributed by atoms with E-state index >= 15 is 0 Å². The molecule has 25 heavy (non-hydrogen) atoms. The maximum atomic E-state index is 12.5. The number of benzene rings is 1. The van der Waals surface area contributed by atoms with Crippen LogP contribution in [0, 0.1) is 5.41 Å². The number of rotatable bonds is 5. The molecule has 8 heteroatoms. The first-order chi connectivity index (χ1) is 12.0. The zero-order valence-electron chi connectivity index (χ0n) is 13.7. The van der Waals surface area contributed by atoms with Gasteiger partial charge in [0.05, 0.1) is 4.90 Å². The fourth-order valence-corrected chi connectivity index (χ4v) is 4.74. The van der Waals surface area contributed by atoms with Gasteiger partial charge in [-0.2, -0.15) is 9.82 Å². The van der Waals surface area contributed by atoms with Gasteiger partial charge in [0, 0.05) is 30.9 Å². The van der Waals surface area contributed by atoms with Crippen LogP contribution in [0.3, 0.4) is 0 Å². The lowest BCUT2D eigenvalue weighted by Gasteiger charge is -2.26. The van der Waals surface area contributed by atoms with E-state index in [0.29, 0.717) is 18.5 Å². The predicted molar refractivity (Wildman–Crippen MR) is 91.2 cm³/mol. The Kier molecular flexibility index (Phi) is 3.88. The molecule has 2 N–H and O–H groups in total. The molecule has 0 bridgehead atoms. The molecule has 2 aliphatic rings. The van der Waals surface area contributed by atoms with Gasteiger partial charge in [0.15, 0.2) is 0 Å². The minimum Gasteiger partial charge on any atom is -0.354 e. The summed E-state index contributed by atoms with van der Waals surface area (Å²) in [5, 5.41) is 7.14. The molecule has 1 atom stereocenters. The Morgan fingerprint density at radius 1 is 1.32 bits per heavy atom.